The molecule has 0 saturated carbocycles. The lowest BCUT2D eigenvalue weighted by molar-refractivity contribution is -0.128. The van der Waals surface area contributed by atoms with E-state index in [0.29, 0.717) is 11.7 Å². The molecule has 1 heterocycles. The molecule has 0 radical (unpaired) electrons. The third-order valence-electron chi connectivity index (χ3n) is 4.40. The van der Waals surface area contributed by atoms with Crippen LogP contribution in [0.4, 0.5) is 5.13 Å². The zero-order chi connectivity index (χ0) is 20.6. The third kappa shape index (κ3) is 6.05. The van der Waals surface area contributed by atoms with E-state index in [-0.39, 0.29) is 11.9 Å². The Kier molecular flexibility index (Phi) is 7.66. The van der Waals surface area contributed by atoms with Gasteiger partial charge in [0.15, 0.2) is 4.34 Å². The summed E-state index contributed by atoms with van der Waals surface area (Å²) in [6.07, 6.45) is 0. The standard InChI is InChI=1S/C22H26N4OS2/c1-16(2)14-23-21-24-25-22(29-21)28-15-19(27)26(3)20(17-10-6-4-7-11-17)18-12-8-5-9-13-18/h4-13,16,20H,14-15H2,1-3H3,(H,23,24). The number of amides is 1. The fourth-order valence-electron chi connectivity index (χ4n) is 2.91. The van der Waals surface area contributed by atoms with E-state index in [9.17, 15) is 4.79 Å². The lowest BCUT2D eigenvalue weighted by Gasteiger charge is -2.29. The zero-order valence-electron chi connectivity index (χ0n) is 16.9. The molecule has 3 rings (SSSR count). The van der Waals surface area contributed by atoms with E-state index in [4.69, 9.17) is 0 Å². The Balaban J connectivity index is 1.67. The number of nitrogens with one attached hydrogen (secondary N) is 1. The molecule has 1 amide bonds. The second-order valence-corrected chi connectivity index (χ2v) is 9.37. The van der Waals surface area contributed by atoms with Crippen LogP contribution in [0.5, 0.6) is 0 Å². The summed E-state index contributed by atoms with van der Waals surface area (Å²) in [5.74, 6) is 0.920. The average Bonchev–Trinajstić information content (AvgIpc) is 3.20. The van der Waals surface area contributed by atoms with Gasteiger partial charge in [-0.15, -0.1) is 10.2 Å². The first-order valence-electron chi connectivity index (χ1n) is 9.60. The number of hydrogen-bond acceptors (Lipinski definition) is 6. The Morgan fingerprint density at radius 3 is 2.17 bits per heavy atom. The highest BCUT2D eigenvalue weighted by Crippen LogP contribution is 2.30. The van der Waals surface area contributed by atoms with Crippen LogP contribution in [-0.2, 0) is 4.79 Å². The minimum Gasteiger partial charge on any atom is -0.360 e. The van der Waals surface area contributed by atoms with Crippen molar-refractivity contribution in [1.29, 1.82) is 0 Å². The highest BCUT2D eigenvalue weighted by atomic mass is 32.2. The fraction of sp³-hybridized carbons (Fsp3) is 0.318. The molecule has 0 saturated heterocycles. The molecule has 0 atom stereocenters. The number of carbonyl (C=O) groups is 1. The van der Waals surface area contributed by atoms with Gasteiger partial charge in [0.05, 0.1) is 11.8 Å². The van der Waals surface area contributed by atoms with Crippen LogP contribution in [0, 0.1) is 5.92 Å². The summed E-state index contributed by atoms with van der Waals surface area (Å²) in [5, 5.41) is 12.4. The molecule has 3 aromatic rings. The molecule has 7 heteroatoms. The molecule has 152 valence electrons. The molecule has 1 aromatic heterocycles. The molecule has 0 aliphatic rings. The van der Waals surface area contributed by atoms with Crippen molar-refractivity contribution < 1.29 is 4.79 Å². The number of hydrogen-bond donors (Lipinski definition) is 1. The summed E-state index contributed by atoms with van der Waals surface area (Å²) in [6, 6.07) is 20.1. The van der Waals surface area contributed by atoms with Crippen molar-refractivity contribution in [2.75, 3.05) is 24.7 Å². The molecule has 0 aliphatic carbocycles. The second-order valence-electron chi connectivity index (χ2n) is 7.17. The van der Waals surface area contributed by atoms with Gasteiger partial charge in [-0.3, -0.25) is 4.79 Å². The highest BCUT2D eigenvalue weighted by Gasteiger charge is 2.23. The monoisotopic (exact) mass is 426 g/mol. The van der Waals surface area contributed by atoms with Crippen LogP contribution >= 0.6 is 23.1 Å². The Labute approximate surface area is 180 Å². The molecule has 0 fully saturated rings. The number of nitrogens with zero attached hydrogens (tertiary/aromatic N) is 3. The normalized spacial score (nSPS) is 11.1. The molecule has 0 bridgehead atoms. The van der Waals surface area contributed by atoms with Crippen molar-refractivity contribution >= 4 is 34.1 Å². The van der Waals surface area contributed by atoms with Gasteiger partial charge < -0.3 is 10.2 Å². The number of rotatable bonds is 9. The lowest BCUT2D eigenvalue weighted by Crippen LogP contribution is -2.33. The second kappa shape index (κ2) is 10.4. The van der Waals surface area contributed by atoms with Gasteiger partial charge in [0.25, 0.3) is 0 Å². The molecule has 0 unspecified atom stereocenters. The van der Waals surface area contributed by atoms with Crippen LogP contribution in [0.2, 0.25) is 0 Å². The summed E-state index contributed by atoms with van der Waals surface area (Å²) in [6.45, 7) is 5.15. The number of carbonyl (C=O) groups excluding carboxylic acids is 1. The van der Waals surface area contributed by atoms with Crippen molar-refractivity contribution in [2.45, 2.75) is 24.2 Å². The average molecular weight is 427 g/mol. The van der Waals surface area contributed by atoms with E-state index in [1.54, 1.807) is 0 Å². The number of thioether (sulfide) groups is 1. The molecule has 0 aliphatic heterocycles. The molecular formula is C22H26N4OS2. The maximum atomic E-state index is 13.0. The van der Waals surface area contributed by atoms with Crippen molar-refractivity contribution in [3.8, 4) is 0 Å². The van der Waals surface area contributed by atoms with Crippen molar-refractivity contribution in [3.05, 3.63) is 71.8 Å². The summed E-state index contributed by atoms with van der Waals surface area (Å²) < 4.78 is 0.800. The first kappa shape index (κ1) is 21.3. The van der Waals surface area contributed by atoms with Gasteiger partial charge in [-0.2, -0.15) is 0 Å². The minimum absolute atomic E-state index is 0.0552. The molecule has 5 nitrogen and oxygen atoms in total. The van der Waals surface area contributed by atoms with Crippen molar-refractivity contribution in [2.24, 2.45) is 5.92 Å². The van der Waals surface area contributed by atoms with Crippen LogP contribution in [0.15, 0.2) is 65.0 Å². The van der Waals surface area contributed by atoms with Gasteiger partial charge in [0.2, 0.25) is 11.0 Å². The van der Waals surface area contributed by atoms with E-state index < -0.39 is 0 Å². The highest BCUT2D eigenvalue weighted by molar-refractivity contribution is 8.01. The van der Waals surface area contributed by atoms with E-state index in [0.717, 1.165) is 27.1 Å². The van der Waals surface area contributed by atoms with Crippen LogP contribution in [0.3, 0.4) is 0 Å². The molecular weight excluding hydrogens is 400 g/mol. The van der Waals surface area contributed by atoms with Crippen molar-refractivity contribution in [3.63, 3.8) is 0 Å². The van der Waals surface area contributed by atoms with Crippen LogP contribution in [0.1, 0.15) is 31.0 Å². The SMILES string of the molecule is CC(C)CNc1nnc(SCC(=O)N(C)C(c2ccccc2)c2ccccc2)s1. The third-order valence-corrected chi connectivity index (χ3v) is 6.40. The maximum absolute atomic E-state index is 13.0. The van der Waals surface area contributed by atoms with Gasteiger partial charge in [0.1, 0.15) is 0 Å². The van der Waals surface area contributed by atoms with E-state index in [1.807, 2.05) is 48.3 Å². The van der Waals surface area contributed by atoms with E-state index >= 15 is 0 Å². The fourth-order valence-corrected chi connectivity index (χ4v) is 4.59. The largest absolute Gasteiger partial charge is 0.360 e. The number of aromatic nitrogens is 2. The quantitative estimate of drug-likeness (QED) is 0.491. The van der Waals surface area contributed by atoms with Crippen molar-refractivity contribution in [1.82, 2.24) is 15.1 Å². The zero-order valence-corrected chi connectivity index (χ0v) is 18.5. The Hall–Kier alpha value is -2.38. The van der Waals surface area contributed by atoms with Gasteiger partial charge in [-0.1, -0.05) is 97.6 Å². The number of anilines is 1. The minimum atomic E-state index is -0.122. The van der Waals surface area contributed by atoms with Gasteiger partial charge >= 0.3 is 0 Å². The van der Waals surface area contributed by atoms with E-state index in [1.165, 1.54) is 23.1 Å². The first-order valence-corrected chi connectivity index (χ1v) is 11.4. The van der Waals surface area contributed by atoms with Crippen LogP contribution in [-0.4, -0.2) is 40.3 Å². The lowest BCUT2D eigenvalue weighted by atomic mass is 9.97. The Morgan fingerprint density at radius 2 is 1.62 bits per heavy atom. The predicted molar refractivity (Wildman–Crippen MR) is 121 cm³/mol. The van der Waals surface area contributed by atoms with E-state index in [2.05, 4.69) is 53.6 Å². The Morgan fingerprint density at radius 1 is 1.03 bits per heavy atom. The topological polar surface area (TPSA) is 58.1 Å². The van der Waals surface area contributed by atoms with Gasteiger partial charge in [-0.05, 0) is 17.0 Å². The molecule has 0 spiro atoms. The van der Waals surface area contributed by atoms with Gasteiger partial charge in [-0.25, -0.2) is 0 Å². The summed E-state index contributed by atoms with van der Waals surface area (Å²) >= 11 is 2.92. The van der Waals surface area contributed by atoms with Crippen LogP contribution < -0.4 is 5.32 Å². The number of benzene rings is 2. The maximum Gasteiger partial charge on any atom is 0.233 e. The predicted octanol–water partition coefficient (Wildman–Crippen LogP) is 4.95. The summed E-state index contributed by atoms with van der Waals surface area (Å²) in [7, 11) is 1.86. The van der Waals surface area contributed by atoms with Gasteiger partial charge in [0, 0.05) is 13.6 Å². The summed E-state index contributed by atoms with van der Waals surface area (Å²) in [4.78, 5) is 14.8. The smallest absolute Gasteiger partial charge is 0.233 e. The Bertz CT molecular complexity index is 860. The molecule has 1 N–H and O–H groups in total. The molecule has 2 aromatic carbocycles. The summed E-state index contributed by atoms with van der Waals surface area (Å²) in [5.41, 5.74) is 2.19. The molecule has 29 heavy (non-hydrogen) atoms. The van der Waals surface area contributed by atoms with Crippen LogP contribution in [0.25, 0.3) is 0 Å². The first-order chi connectivity index (χ1) is 14.0.